The SMILES string of the molecule is c1cc(-c2ccc3ncn(CC4CCOCC4)c3c2)c2cc(C3CCNCC3)[nH]c2n1. The van der Waals surface area contributed by atoms with Gasteiger partial charge in [-0.2, -0.15) is 0 Å². The molecule has 0 amide bonds. The van der Waals surface area contributed by atoms with Crippen LogP contribution in [0.5, 0.6) is 0 Å². The Hall–Kier alpha value is -2.70. The van der Waals surface area contributed by atoms with Crippen molar-refractivity contribution in [3.63, 3.8) is 0 Å². The Labute approximate surface area is 182 Å². The summed E-state index contributed by atoms with van der Waals surface area (Å²) in [6, 6.07) is 11.1. The molecule has 2 N–H and O–H groups in total. The minimum atomic E-state index is 0.590. The van der Waals surface area contributed by atoms with E-state index in [9.17, 15) is 0 Å². The number of ether oxygens (including phenoxy) is 1. The van der Waals surface area contributed by atoms with E-state index in [0.29, 0.717) is 11.8 Å². The number of imidazole rings is 1. The summed E-state index contributed by atoms with van der Waals surface area (Å²) in [6.07, 6.45) is 8.54. The Balaban J connectivity index is 1.37. The second-order valence-electron chi connectivity index (χ2n) is 9.03. The summed E-state index contributed by atoms with van der Waals surface area (Å²) in [5.74, 6) is 1.26. The van der Waals surface area contributed by atoms with E-state index in [-0.39, 0.29) is 0 Å². The highest BCUT2D eigenvalue weighted by Crippen LogP contribution is 2.34. The number of nitrogens with one attached hydrogen (secondary N) is 2. The molecular weight excluding hydrogens is 386 g/mol. The molecule has 2 fully saturated rings. The molecule has 0 spiro atoms. The van der Waals surface area contributed by atoms with Crippen LogP contribution in [0.2, 0.25) is 0 Å². The van der Waals surface area contributed by atoms with Crippen molar-refractivity contribution in [1.82, 2.24) is 24.8 Å². The van der Waals surface area contributed by atoms with Crippen molar-refractivity contribution in [2.75, 3.05) is 26.3 Å². The standard InChI is InChI=1S/C25H29N5O/c1-2-22-24(30(16-28-22)15-17-6-11-31-12-7-17)13-19(1)20-5-10-27-25-21(20)14-23(29-25)18-3-8-26-9-4-18/h1-2,5,10,13-14,16-18,26H,3-4,6-9,11-12,15H2,(H,27,29). The van der Waals surface area contributed by atoms with Crippen molar-refractivity contribution in [3.8, 4) is 11.1 Å². The normalized spacial score (nSPS) is 18.8. The first-order chi connectivity index (χ1) is 15.3. The fourth-order valence-corrected chi connectivity index (χ4v) is 5.23. The van der Waals surface area contributed by atoms with E-state index in [1.165, 1.54) is 40.6 Å². The lowest BCUT2D eigenvalue weighted by Gasteiger charge is -2.22. The molecule has 6 rings (SSSR count). The second kappa shape index (κ2) is 8.09. The Morgan fingerprint density at radius 1 is 1.00 bits per heavy atom. The lowest BCUT2D eigenvalue weighted by molar-refractivity contribution is 0.0616. The van der Waals surface area contributed by atoms with Gasteiger partial charge in [0, 0.05) is 43.0 Å². The Bertz CT molecular complexity index is 1200. The first-order valence-electron chi connectivity index (χ1n) is 11.6. The topological polar surface area (TPSA) is 67.8 Å². The maximum atomic E-state index is 5.53. The van der Waals surface area contributed by atoms with Gasteiger partial charge in [-0.3, -0.25) is 0 Å². The predicted molar refractivity (Wildman–Crippen MR) is 123 cm³/mol. The molecule has 160 valence electrons. The number of nitrogens with zero attached hydrogens (tertiary/aromatic N) is 3. The van der Waals surface area contributed by atoms with Crippen LogP contribution in [0, 0.1) is 5.92 Å². The van der Waals surface area contributed by atoms with Crippen molar-refractivity contribution < 1.29 is 4.74 Å². The fourth-order valence-electron chi connectivity index (χ4n) is 5.23. The van der Waals surface area contributed by atoms with E-state index < -0.39 is 0 Å². The van der Waals surface area contributed by atoms with E-state index in [2.05, 4.69) is 55.2 Å². The van der Waals surface area contributed by atoms with Gasteiger partial charge in [0.25, 0.3) is 0 Å². The maximum Gasteiger partial charge on any atom is 0.138 e. The van der Waals surface area contributed by atoms with Crippen LogP contribution in [0.1, 0.15) is 37.3 Å². The van der Waals surface area contributed by atoms with Crippen molar-refractivity contribution in [1.29, 1.82) is 0 Å². The monoisotopic (exact) mass is 415 g/mol. The van der Waals surface area contributed by atoms with E-state index in [1.54, 1.807) is 0 Å². The molecule has 6 nitrogen and oxygen atoms in total. The molecule has 5 heterocycles. The maximum absolute atomic E-state index is 5.53. The average molecular weight is 416 g/mol. The van der Waals surface area contributed by atoms with Crippen LogP contribution in [0.4, 0.5) is 0 Å². The van der Waals surface area contributed by atoms with E-state index in [4.69, 9.17) is 4.74 Å². The zero-order chi connectivity index (χ0) is 20.6. The Morgan fingerprint density at radius 2 is 1.87 bits per heavy atom. The summed E-state index contributed by atoms with van der Waals surface area (Å²) in [5.41, 5.74) is 7.05. The van der Waals surface area contributed by atoms with Gasteiger partial charge in [-0.05, 0) is 80.1 Å². The number of piperidine rings is 1. The van der Waals surface area contributed by atoms with Gasteiger partial charge >= 0.3 is 0 Å². The van der Waals surface area contributed by atoms with E-state index in [0.717, 1.165) is 56.9 Å². The lowest BCUT2D eigenvalue weighted by atomic mass is 9.94. The molecule has 0 bridgehead atoms. The van der Waals surface area contributed by atoms with Crippen LogP contribution in [-0.4, -0.2) is 45.8 Å². The summed E-state index contributed by atoms with van der Waals surface area (Å²) in [5, 5.41) is 4.67. The summed E-state index contributed by atoms with van der Waals surface area (Å²) in [7, 11) is 0. The lowest BCUT2D eigenvalue weighted by Crippen LogP contribution is -2.26. The predicted octanol–water partition coefficient (Wildman–Crippen LogP) is 4.47. The average Bonchev–Trinajstić information content (AvgIpc) is 3.44. The number of aromatic amines is 1. The first-order valence-corrected chi connectivity index (χ1v) is 11.6. The number of rotatable bonds is 4. The molecule has 0 radical (unpaired) electrons. The number of hydrogen-bond donors (Lipinski definition) is 2. The molecule has 3 aromatic heterocycles. The van der Waals surface area contributed by atoms with Crippen LogP contribution < -0.4 is 5.32 Å². The molecule has 0 atom stereocenters. The highest BCUT2D eigenvalue weighted by molar-refractivity contribution is 5.95. The number of benzene rings is 1. The van der Waals surface area contributed by atoms with Crippen molar-refractivity contribution in [3.05, 3.63) is 48.5 Å². The molecule has 6 heteroatoms. The Kier molecular flexibility index (Phi) is 4.97. The van der Waals surface area contributed by atoms with Gasteiger partial charge < -0.3 is 19.6 Å². The van der Waals surface area contributed by atoms with Gasteiger partial charge in [0.15, 0.2) is 0 Å². The van der Waals surface area contributed by atoms with Gasteiger partial charge in [-0.15, -0.1) is 0 Å². The van der Waals surface area contributed by atoms with Crippen molar-refractivity contribution in [2.45, 2.75) is 38.1 Å². The van der Waals surface area contributed by atoms with Gasteiger partial charge in [0.1, 0.15) is 5.65 Å². The number of aromatic nitrogens is 4. The largest absolute Gasteiger partial charge is 0.381 e. The molecule has 0 aliphatic carbocycles. The molecular formula is C25H29N5O. The number of pyridine rings is 1. The summed E-state index contributed by atoms with van der Waals surface area (Å²) < 4.78 is 7.86. The van der Waals surface area contributed by atoms with Gasteiger partial charge in [-0.1, -0.05) is 6.07 Å². The van der Waals surface area contributed by atoms with Crippen LogP contribution in [0.3, 0.4) is 0 Å². The third-order valence-corrected chi connectivity index (χ3v) is 7.06. The van der Waals surface area contributed by atoms with Crippen LogP contribution in [-0.2, 0) is 11.3 Å². The quantitative estimate of drug-likeness (QED) is 0.516. The van der Waals surface area contributed by atoms with Crippen molar-refractivity contribution >= 4 is 22.1 Å². The number of fused-ring (bicyclic) bond motifs is 2. The van der Waals surface area contributed by atoms with E-state index >= 15 is 0 Å². The van der Waals surface area contributed by atoms with E-state index in [1.807, 2.05) is 12.5 Å². The molecule has 1 aromatic carbocycles. The van der Waals surface area contributed by atoms with Gasteiger partial charge in [-0.25, -0.2) is 9.97 Å². The second-order valence-corrected chi connectivity index (χ2v) is 9.03. The molecule has 2 aliphatic heterocycles. The first kappa shape index (κ1) is 19.0. The third kappa shape index (κ3) is 3.64. The molecule has 0 saturated carbocycles. The molecule has 0 unspecified atom stereocenters. The summed E-state index contributed by atoms with van der Waals surface area (Å²) in [4.78, 5) is 12.9. The molecule has 2 aliphatic rings. The number of H-pyrrole nitrogens is 1. The summed E-state index contributed by atoms with van der Waals surface area (Å²) in [6.45, 7) is 4.95. The Morgan fingerprint density at radius 3 is 2.74 bits per heavy atom. The highest BCUT2D eigenvalue weighted by Gasteiger charge is 2.19. The third-order valence-electron chi connectivity index (χ3n) is 7.06. The highest BCUT2D eigenvalue weighted by atomic mass is 16.5. The zero-order valence-corrected chi connectivity index (χ0v) is 17.8. The van der Waals surface area contributed by atoms with Crippen LogP contribution >= 0.6 is 0 Å². The zero-order valence-electron chi connectivity index (χ0n) is 17.8. The minimum absolute atomic E-state index is 0.590. The smallest absolute Gasteiger partial charge is 0.138 e. The van der Waals surface area contributed by atoms with Gasteiger partial charge in [0.2, 0.25) is 0 Å². The fraction of sp³-hybridized carbons (Fsp3) is 0.440. The molecule has 31 heavy (non-hydrogen) atoms. The molecule has 2 saturated heterocycles. The summed E-state index contributed by atoms with van der Waals surface area (Å²) >= 11 is 0. The minimum Gasteiger partial charge on any atom is -0.381 e. The van der Waals surface area contributed by atoms with Gasteiger partial charge in [0.05, 0.1) is 17.4 Å². The molecule has 4 aromatic rings. The van der Waals surface area contributed by atoms with Crippen LogP contribution in [0.25, 0.3) is 33.2 Å². The van der Waals surface area contributed by atoms with Crippen LogP contribution in [0.15, 0.2) is 42.9 Å². The van der Waals surface area contributed by atoms with Crippen molar-refractivity contribution in [2.24, 2.45) is 5.92 Å². The number of hydrogen-bond acceptors (Lipinski definition) is 4.